The highest BCUT2D eigenvalue weighted by Gasteiger charge is 2.29. The molecule has 150 valence electrons. The summed E-state index contributed by atoms with van der Waals surface area (Å²) in [7, 11) is 1.61. The Kier molecular flexibility index (Phi) is 5.76. The summed E-state index contributed by atoms with van der Waals surface area (Å²) in [6, 6.07) is 7.18. The number of carbonyl (C=O) groups excluding carboxylic acids is 1. The normalized spacial score (nSPS) is 19.5. The van der Waals surface area contributed by atoms with E-state index in [2.05, 4.69) is 10.1 Å². The smallest absolute Gasteiger partial charge is 0.260 e. The number of methoxy groups -OCH3 is 1. The molecule has 1 aromatic heterocycles. The molecule has 0 bridgehead atoms. The number of carbonyl (C=O) groups is 1. The van der Waals surface area contributed by atoms with Crippen LogP contribution in [0.25, 0.3) is 0 Å². The second-order valence-electron chi connectivity index (χ2n) is 7.20. The molecule has 1 unspecified atom stereocenters. The van der Waals surface area contributed by atoms with Gasteiger partial charge in [-0.1, -0.05) is 5.16 Å². The lowest BCUT2D eigenvalue weighted by Gasteiger charge is -2.32. The summed E-state index contributed by atoms with van der Waals surface area (Å²) in [5.41, 5.74) is 0. The molecular weight excluding hydrogens is 362 g/mol. The molecule has 1 atom stereocenters. The van der Waals surface area contributed by atoms with Gasteiger partial charge in [-0.15, -0.1) is 0 Å². The zero-order valence-corrected chi connectivity index (χ0v) is 16.0. The number of likely N-dealkylation sites (tertiary alicyclic amines) is 1. The van der Waals surface area contributed by atoms with Gasteiger partial charge in [-0.25, -0.2) is 0 Å². The number of nitrogens with zero attached hydrogens (tertiary/aromatic N) is 3. The second-order valence-corrected chi connectivity index (χ2v) is 7.20. The van der Waals surface area contributed by atoms with Crippen LogP contribution in [0.3, 0.4) is 0 Å². The molecule has 0 N–H and O–H groups in total. The fourth-order valence-corrected chi connectivity index (χ4v) is 3.23. The van der Waals surface area contributed by atoms with Crippen molar-refractivity contribution in [3.63, 3.8) is 0 Å². The standard InChI is InChI=1S/C20H25N3O5/c1-25-15-6-8-16(9-7-15)27-13-19(24)23-10-2-3-17(11-23)26-12-18-21-20(22-28-18)14-4-5-14/h6-9,14,17H,2-5,10-13H2,1H3. The van der Waals surface area contributed by atoms with Crippen LogP contribution >= 0.6 is 0 Å². The Balaban J connectivity index is 1.22. The van der Waals surface area contributed by atoms with E-state index in [0.717, 1.165) is 43.8 Å². The van der Waals surface area contributed by atoms with E-state index in [4.69, 9.17) is 18.7 Å². The first-order valence-electron chi connectivity index (χ1n) is 9.70. The van der Waals surface area contributed by atoms with Crippen molar-refractivity contribution in [1.82, 2.24) is 15.0 Å². The molecule has 0 radical (unpaired) electrons. The molecule has 0 spiro atoms. The number of hydrogen-bond donors (Lipinski definition) is 0. The lowest BCUT2D eigenvalue weighted by Crippen LogP contribution is -2.45. The van der Waals surface area contributed by atoms with Crippen LogP contribution in [0.15, 0.2) is 28.8 Å². The summed E-state index contributed by atoms with van der Waals surface area (Å²) in [5, 5.41) is 3.99. The Bertz CT molecular complexity index is 787. The van der Waals surface area contributed by atoms with Crippen LogP contribution in [0, 0.1) is 0 Å². The van der Waals surface area contributed by atoms with Crippen LogP contribution in [0.5, 0.6) is 11.5 Å². The Hall–Kier alpha value is -2.61. The molecule has 2 aromatic rings. The second kappa shape index (κ2) is 8.60. The van der Waals surface area contributed by atoms with Crippen LogP contribution in [-0.2, 0) is 16.1 Å². The molecular formula is C20H25N3O5. The van der Waals surface area contributed by atoms with Crippen LogP contribution in [0.2, 0.25) is 0 Å². The van der Waals surface area contributed by atoms with E-state index < -0.39 is 0 Å². The first-order chi connectivity index (χ1) is 13.7. The first-order valence-corrected chi connectivity index (χ1v) is 9.70. The number of hydrogen-bond acceptors (Lipinski definition) is 7. The van der Waals surface area contributed by atoms with Crippen molar-refractivity contribution in [2.45, 2.75) is 44.3 Å². The van der Waals surface area contributed by atoms with E-state index >= 15 is 0 Å². The van der Waals surface area contributed by atoms with Crippen molar-refractivity contribution in [3.05, 3.63) is 36.0 Å². The van der Waals surface area contributed by atoms with Gasteiger partial charge in [0.05, 0.1) is 13.2 Å². The Morgan fingerprint density at radius 2 is 2.00 bits per heavy atom. The Morgan fingerprint density at radius 1 is 1.21 bits per heavy atom. The van der Waals surface area contributed by atoms with E-state index in [9.17, 15) is 4.79 Å². The molecule has 1 aliphatic carbocycles. The van der Waals surface area contributed by atoms with Gasteiger partial charge in [0.1, 0.15) is 18.1 Å². The van der Waals surface area contributed by atoms with E-state index in [1.807, 2.05) is 0 Å². The number of aromatic nitrogens is 2. The Morgan fingerprint density at radius 3 is 2.75 bits per heavy atom. The molecule has 1 amide bonds. The van der Waals surface area contributed by atoms with Gasteiger partial charge in [0, 0.05) is 19.0 Å². The van der Waals surface area contributed by atoms with Gasteiger partial charge in [-0.3, -0.25) is 4.79 Å². The minimum absolute atomic E-state index is 0.00740. The molecule has 1 saturated heterocycles. The predicted molar refractivity (Wildman–Crippen MR) is 99.2 cm³/mol. The third kappa shape index (κ3) is 4.81. The maximum Gasteiger partial charge on any atom is 0.260 e. The monoisotopic (exact) mass is 387 g/mol. The molecule has 8 heteroatoms. The predicted octanol–water partition coefficient (Wildman–Crippen LogP) is 2.54. The van der Waals surface area contributed by atoms with E-state index in [-0.39, 0.29) is 25.2 Å². The Labute approximate surface area is 163 Å². The van der Waals surface area contributed by atoms with E-state index in [0.29, 0.717) is 24.1 Å². The third-order valence-corrected chi connectivity index (χ3v) is 5.02. The van der Waals surface area contributed by atoms with Gasteiger partial charge in [0.2, 0.25) is 0 Å². The van der Waals surface area contributed by atoms with Crippen LogP contribution in [-0.4, -0.2) is 53.9 Å². The fourth-order valence-electron chi connectivity index (χ4n) is 3.23. The number of ether oxygens (including phenoxy) is 3. The van der Waals surface area contributed by atoms with E-state index in [1.54, 1.807) is 36.3 Å². The van der Waals surface area contributed by atoms with Gasteiger partial charge in [0.25, 0.3) is 11.8 Å². The molecule has 1 aromatic carbocycles. The van der Waals surface area contributed by atoms with Gasteiger partial charge in [-0.05, 0) is 49.9 Å². The number of benzene rings is 1. The van der Waals surface area contributed by atoms with Gasteiger partial charge < -0.3 is 23.6 Å². The lowest BCUT2D eigenvalue weighted by atomic mass is 10.1. The van der Waals surface area contributed by atoms with Gasteiger partial charge >= 0.3 is 0 Å². The maximum atomic E-state index is 12.5. The first kappa shape index (κ1) is 18.7. The van der Waals surface area contributed by atoms with Crippen molar-refractivity contribution in [2.75, 3.05) is 26.8 Å². The highest BCUT2D eigenvalue weighted by molar-refractivity contribution is 5.77. The molecule has 2 fully saturated rings. The largest absolute Gasteiger partial charge is 0.497 e. The minimum Gasteiger partial charge on any atom is -0.497 e. The highest BCUT2D eigenvalue weighted by atomic mass is 16.5. The third-order valence-electron chi connectivity index (χ3n) is 5.02. The topological polar surface area (TPSA) is 86.9 Å². The zero-order valence-electron chi connectivity index (χ0n) is 16.0. The highest BCUT2D eigenvalue weighted by Crippen LogP contribution is 2.38. The average Bonchev–Trinajstić information content (AvgIpc) is 3.49. The van der Waals surface area contributed by atoms with Crippen molar-refractivity contribution in [1.29, 1.82) is 0 Å². The summed E-state index contributed by atoms with van der Waals surface area (Å²) in [6.45, 7) is 1.56. The van der Waals surface area contributed by atoms with E-state index in [1.165, 1.54) is 0 Å². The quantitative estimate of drug-likeness (QED) is 0.688. The molecule has 4 rings (SSSR count). The van der Waals surface area contributed by atoms with Crippen LogP contribution in [0.4, 0.5) is 0 Å². The number of amides is 1. The van der Waals surface area contributed by atoms with Crippen molar-refractivity contribution in [3.8, 4) is 11.5 Å². The number of piperidine rings is 1. The summed E-state index contributed by atoms with van der Waals surface area (Å²) in [4.78, 5) is 18.6. The number of rotatable bonds is 8. The summed E-state index contributed by atoms with van der Waals surface area (Å²) >= 11 is 0. The maximum absolute atomic E-state index is 12.5. The molecule has 28 heavy (non-hydrogen) atoms. The molecule has 2 heterocycles. The average molecular weight is 387 g/mol. The molecule has 2 aliphatic rings. The van der Waals surface area contributed by atoms with Gasteiger partial charge in [0.15, 0.2) is 12.4 Å². The summed E-state index contributed by atoms with van der Waals surface area (Å²) in [6.07, 6.45) is 4.05. The van der Waals surface area contributed by atoms with Crippen LogP contribution < -0.4 is 9.47 Å². The van der Waals surface area contributed by atoms with Crippen LogP contribution in [0.1, 0.15) is 43.3 Å². The van der Waals surface area contributed by atoms with Crippen molar-refractivity contribution >= 4 is 5.91 Å². The SMILES string of the molecule is COc1ccc(OCC(=O)N2CCCC(OCc3nc(C4CC4)no3)C2)cc1. The summed E-state index contributed by atoms with van der Waals surface area (Å²) < 4.78 is 21.9. The molecule has 1 aliphatic heterocycles. The molecule has 1 saturated carbocycles. The fraction of sp³-hybridized carbons (Fsp3) is 0.550. The van der Waals surface area contributed by atoms with Crippen molar-refractivity contribution in [2.24, 2.45) is 0 Å². The summed E-state index contributed by atoms with van der Waals surface area (Å²) in [5.74, 6) is 3.11. The minimum atomic E-state index is -0.0436. The van der Waals surface area contributed by atoms with Crippen molar-refractivity contribution < 1.29 is 23.5 Å². The zero-order chi connectivity index (χ0) is 19.3. The molecule has 8 nitrogen and oxygen atoms in total. The van der Waals surface area contributed by atoms with Gasteiger partial charge in [-0.2, -0.15) is 4.98 Å². The lowest BCUT2D eigenvalue weighted by molar-refractivity contribution is -0.138.